The lowest BCUT2D eigenvalue weighted by Gasteiger charge is -2.09. The van der Waals surface area contributed by atoms with E-state index >= 15 is 0 Å². The van der Waals surface area contributed by atoms with Crippen molar-refractivity contribution >= 4 is 22.5 Å². The van der Waals surface area contributed by atoms with Crippen LogP contribution in [0.5, 0.6) is 0 Å². The Kier molecular flexibility index (Phi) is 3.65. The third-order valence-electron chi connectivity index (χ3n) is 3.55. The lowest BCUT2D eigenvalue weighted by molar-refractivity contribution is 0.101. The first-order valence-corrected chi connectivity index (χ1v) is 7.01. The highest BCUT2D eigenvalue weighted by molar-refractivity contribution is 6.04. The number of aromatic nitrogens is 2. The molecule has 3 aromatic rings. The van der Waals surface area contributed by atoms with E-state index in [1.165, 1.54) is 22.9 Å². The number of carbonyl (C=O) groups is 1. The highest BCUT2D eigenvalue weighted by Crippen LogP contribution is 2.14. The van der Waals surface area contributed by atoms with Crippen molar-refractivity contribution in [3.05, 3.63) is 69.8 Å². The van der Waals surface area contributed by atoms with E-state index in [1.54, 1.807) is 25.2 Å². The van der Waals surface area contributed by atoms with Gasteiger partial charge in [0.15, 0.2) is 5.69 Å². The van der Waals surface area contributed by atoms with E-state index in [1.807, 2.05) is 13.0 Å². The van der Waals surface area contributed by atoms with Gasteiger partial charge in [0, 0.05) is 7.05 Å². The van der Waals surface area contributed by atoms with Crippen molar-refractivity contribution in [2.75, 3.05) is 5.32 Å². The summed E-state index contributed by atoms with van der Waals surface area (Å²) in [7, 11) is 1.65. The first-order chi connectivity index (χ1) is 11.0. The molecule has 2 aromatic carbocycles. The summed E-state index contributed by atoms with van der Waals surface area (Å²) in [5, 5.41) is 6.81. The summed E-state index contributed by atoms with van der Waals surface area (Å²) in [5.41, 5.74) is 0.791. The number of aryl methyl sites for hydroxylation is 2. The minimum Gasteiger partial charge on any atom is -0.318 e. The molecule has 1 heterocycles. The van der Waals surface area contributed by atoms with Crippen molar-refractivity contribution in [2.24, 2.45) is 7.05 Å². The number of amides is 1. The van der Waals surface area contributed by atoms with Crippen LogP contribution in [0, 0.1) is 12.7 Å². The summed E-state index contributed by atoms with van der Waals surface area (Å²) in [6.07, 6.45) is 0. The smallest absolute Gasteiger partial charge is 0.280 e. The second kappa shape index (κ2) is 5.64. The van der Waals surface area contributed by atoms with Crippen molar-refractivity contribution in [1.29, 1.82) is 0 Å². The first-order valence-electron chi connectivity index (χ1n) is 7.01. The van der Waals surface area contributed by atoms with E-state index in [4.69, 9.17) is 0 Å². The van der Waals surface area contributed by atoms with Gasteiger partial charge in [-0.1, -0.05) is 23.8 Å². The lowest BCUT2D eigenvalue weighted by Crippen LogP contribution is -2.26. The van der Waals surface area contributed by atoms with E-state index in [9.17, 15) is 14.0 Å². The van der Waals surface area contributed by atoms with Crippen LogP contribution < -0.4 is 10.7 Å². The molecule has 1 amide bonds. The number of hydrogen-bond acceptors (Lipinski definition) is 3. The van der Waals surface area contributed by atoms with Gasteiger partial charge in [-0.2, -0.15) is 5.10 Å². The Morgan fingerprint density at radius 3 is 2.70 bits per heavy atom. The fourth-order valence-electron chi connectivity index (χ4n) is 2.38. The van der Waals surface area contributed by atoms with Gasteiger partial charge in [-0.15, -0.1) is 0 Å². The molecule has 0 fully saturated rings. The summed E-state index contributed by atoms with van der Waals surface area (Å²) >= 11 is 0. The van der Waals surface area contributed by atoms with E-state index in [0.29, 0.717) is 10.9 Å². The van der Waals surface area contributed by atoms with Gasteiger partial charge in [0.1, 0.15) is 5.82 Å². The third kappa shape index (κ3) is 2.70. The molecule has 0 spiro atoms. The molecule has 5 nitrogen and oxygen atoms in total. The number of rotatable bonds is 2. The van der Waals surface area contributed by atoms with Crippen LogP contribution in [0.25, 0.3) is 10.9 Å². The highest BCUT2D eigenvalue weighted by atomic mass is 19.1. The number of benzene rings is 2. The minimum atomic E-state index is -0.737. The van der Waals surface area contributed by atoms with E-state index < -0.39 is 17.2 Å². The van der Waals surface area contributed by atoms with Crippen LogP contribution in [0.2, 0.25) is 0 Å². The van der Waals surface area contributed by atoms with Crippen molar-refractivity contribution in [3.8, 4) is 0 Å². The zero-order valence-electron chi connectivity index (χ0n) is 12.6. The third-order valence-corrected chi connectivity index (χ3v) is 3.55. The van der Waals surface area contributed by atoms with Crippen LogP contribution in [0.3, 0.4) is 0 Å². The van der Waals surface area contributed by atoms with Gasteiger partial charge in [-0.3, -0.25) is 14.3 Å². The molecular weight excluding hydrogens is 297 g/mol. The number of hydrogen-bond donors (Lipinski definition) is 1. The Hall–Kier alpha value is -3.02. The Morgan fingerprint density at radius 1 is 1.22 bits per heavy atom. The van der Waals surface area contributed by atoms with Crippen LogP contribution in [0.1, 0.15) is 16.1 Å². The fraction of sp³-hybridized carbons (Fsp3) is 0.118. The van der Waals surface area contributed by atoms with Crippen molar-refractivity contribution < 1.29 is 9.18 Å². The SMILES string of the molecule is Cc1ccc2c(c1)c(=O)c(C(=O)Nc1ccccc1F)nn2C. The van der Waals surface area contributed by atoms with Crippen LogP contribution >= 0.6 is 0 Å². The molecule has 0 unspecified atom stereocenters. The molecule has 0 aliphatic heterocycles. The fourth-order valence-corrected chi connectivity index (χ4v) is 2.38. The molecular formula is C17H14FN3O2. The van der Waals surface area contributed by atoms with E-state index in [2.05, 4.69) is 10.4 Å². The summed E-state index contributed by atoms with van der Waals surface area (Å²) in [6.45, 7) is 1.86. The van der Waals surface area contributed by atoms with Crippen LogP contribution in [0.4, 0.5) is 10.1 Å². The number of anilines is 1. The summed E-state index contributed by atoms with van der Waals surface area (Å²) in [4.78, 5) is 24.8. The molecule has 0 aliphatic rings. The van der Waals surface area contributed by atoms with Gasteiger partial charge in [0.2, 0.25) is 5.43 Å². The predicted octanol–water partition coefficient (Wildman–Crippen LogP) is 2.63. The molecule has 0 bridgehead atoms. The molecule has 0 aliphatic carbocycles. The summed E-state index contributed by atoms with van der Waals surface area (Å²) < 4.78 is 15.1. The highest BCUT2D eigenvalue weighted by Gasteiger charge is 2.17. The topological polar surface area (TPSA) is 64.0 Å². The van der Waals surface area contributed by atoms with Crippen LogP contribution in [-0.2, 0) is 7.05 Å². The Balaban J connectivity index is 2.09. The van der Waals surface area contributed by atoms with E-state index in [0.717, 1.165) is 5.56 Å². The van der Waals surface area contributed by atoms with Crippen molar-refractivity contribution in [3.63, 3.8) is 0 Å². The number of nitrogens with zero attached hydrogens (tertiary/aromatic N) is 2. The molecule has 23 heavy (non-hydrogen) atoms. The number of fused-ring (bicyclic) bond motifs is 1. The largest absolute Gasteiger partial charge is 0.318 e. The number of para-hydroxylation sites is 1. The van der Waals surface area contributed by atoms with E-state index in [-0.39, 0.29) is 11.4 Å². The Labute approximate surface area is 131 Å². The minimum absolute atomic E-state index is 0.00527. The molecule has 0 atom stereocenters. The Bertz CT molecular complexity index is 979. The average Bonchev–Trinajstić information content (AvgIpc) is 2.53. The molecule has 6 heteroatoms. The van der Waals surface area contributed by atoms with Gasteiger partial charge in [0.25, 0.3) is 5.91 Å². The molecule has 1 aromatic heterocycles. The summed E-state index contributed by atoms with van der Waals surface area (Å²) in [5.74, 6) is -1.31. The van der Waals surface area contributed by atoms with Gasteiger partial charge < -0.3 is 5.32 Å². The zero-order chi connectivity index (χ0) is 16.6. The standard InChI is InChI=1S/C17H14FN3O2/c1-10-7-8-14-11(9-10)16(22)15(20-21(14)2)17(23)19-13-6-4-3-5-12(13)18/h3-9H,1-2H3,(H,19,23). The average molecular weight is 311 g/mol. The normalized spacial score (nSPS) is 10.7. The van der Waals surface area contributed by atoms with Crippen LogP contribution in [0.15, 0.2) is 47.3 Å². The van der Waals surface area contributed by atoms with Gasteiger partial charge in [-0.05, 0) is 31.2 Å². The zero-order valence-corrected chi connectivity index (χ0v) is 12.6. The van der Waals surface area contributed by atoms with Gasteiger partial charge in [0.05, 0.1) is 16.6 Å². The lowest BCUT2D eigenvalue weighted by atomic mass is 10.1. The molecule has 3 rings (SSSR count). The molecule has 0 radical (unpaired) electrons. The number of halogens is 1. The maximum absolute atomic E-state index is 13.6. The molecule has 0 saturated heterocycles. The van der Waals surface area contributed by atoms with Crippen molar-refractivity contribution in [1.82, 2.24) is 9.78 Å². The number of nitrogens with one attached hydrogen (secondary N) is 1. The van der Waals surface area contributed by atoms with Gasteiger partial charge >= 0.3 is 0 Å². The molecule has 1 N–H and O–H groups in total. The Morgan fingerprint density at radius 2 is 1.96 bits per heavy atom. The van der Waals surface area contributed by atoms with Gasteiger partial charge in [-0.25, -0.2) is 4.39 Å². The molecule has 116 valence electrons. The van der Waals surface area contributed by atoms with Crippen LogP contribution in [-0.4, -0.2) is 15.7 Å². The second-order valence-electron chi connectivity index (χ2n) is 5.26. The summed E-state index contributed by atoms with van der Waals surface area (Å²) in [6, 6.07) is 11.1. The first kappa shape index (κ1) is 14.9. The predicted molar refractivity (Wildman–Crippen MR) is 86.1 cm³/mol. The maximum Gasteiger partial charge on any atom is 0.280 e. The quantitative estimate of drug-likeness (QED) is 0.791. The van der Waals surface area contributed by atoms with Crippen molar-refractivity contribution in [2.45, 2.75) is 6.92 Å². The second-order valence-corrected chi connectivity index (χ2v) is 5.26. The molecule has 0 saturated carbocycles. The monoisotopic (exact) mass is 311 g/mol. The maximum atomic E-state index is 13.6. The number of carbonyl (C=O) groups excluding carboxylic acids is 1.